The quantitative estimate of drug-likeness (QED) is 0.787. The molecule has 3 rings (SSSR count). The number of rotatable bonds is 4. The van der Waals surface area contributed by atoms with Crippen LogP contribution < -0.4 is 9.47 Å². The van der Waals surface area contributed by atoms with E-state index in [-0.39, 0.29) is 0 Å². The second kappa shape index (κ2) is 6.09. The maximum absolute atomic E-state index is 10.3. The largest absolute Gasteiger partial charge is 0.497 e. The molecule has 0 saturated carbocycles. The summed E-state index contributed by atoms with van der Waals surface area (Å²) in [6, 6.07) is 11.2. The Bertz CT molecular complexity index is 885. The van der Waals surface area contributed by atoms with Crippen molar-refractivity contribution in [3.63, 3.8) is 0 Å². The average Bonchev–Trinajstić information content (AvgIpc) is 2.54. The van der Waals surface area contributed by atoms with Crippen LogP contribution in [0.25, 0.3) is 10.9 Å². The van der Waals surface area contributed by atoms with Gasteiger partial charge in [0.25, 0.3) is 0 Å². The lowest BCUT2D eigenvalue weighted by Crippen LogP contribution is -2.18. The summed E-state index contributed by atoms with van der Waals surface area (Å²) in [5, 5.41) is 11.2. The lowest BCUT2D eigenvalue weighted by molar-refractivity contribution is 0.0713. The summed E-state index contributed by atoms with van der Waals surface area (Å²) in [6.45, 7) is 5.25. The van der Waals surface area contributed by atoms with Gasteiger partial charge in [-0.1, -0.05) is 0 Å². The van der Waals surface area contributed by atoms with E-state index in [1.54, 1.807) is 39.3 Å². The Morgan fingerprint density at radius 3 is 2.58 bits per heavy atom. The van der Waals surface area contributed by atoms with Gasteiger partial charge in [0.05, 0.1) is 18.3 Å². The topological polar surface area (TPSA) is 64.5 Å². The van der Waals surface area contributed by atoms with E-state index in [0.29, 0.717) is 17.2 Å². The Morgan fingerprint density at radius 1 is 1.08 bits per heavy atom. The SMILES string of the molecule is COc1ccc2nc(C)c(Oc3cccnc3C(C)(C)O)cc2c1. The summed E-state index contributed by atoms with van der Waals surface area (Å²) in [7, 11) is 1.63. The molecule has 0 saturated heterocycles. The fourth-order valence-corrected chi connectivity index (χ4v) is 2.51. The number of methoxy groups -OCH3 is 1. The molecule has 0 spiro atoms. The summed E-state index contributed by atoms with van der Waals surface area (Å²) < 4.78 is 11.3. The van der Waals surface area contributed by atoms with Crippen molar-refractivity contribution in [3.05, 3.63) is 54.0 Å². The Balaban J connectivity index is 2.06. The summed E-state index contributed by atoms with van der Waals surface area (Å²) in [5.41, 5.74) is 1.01. The fourth-order valence-electron chi connectivity index (χ4n) is 2.51. The first-order chi connectivity index (χ1) is 11.4. The van der Waals surface area contributed by atoms with Crippen LogP contribution in [0, 0.1) is 6.92 Å². The van der Waals surface area contributed by atoms with Crippen LogP contribution in [0.15, 0.2) is 42.6 Å². The molecule has 0 aliphatic rings. The number of aromatic nitrogens is 2. The zero-order chi connectivity index (χ0) is 17.3. The van der Waals surface area contributed by atoms with Crippen LogP contribution in [0.3, 0.4) is 0 Å². The first kappa shape index (κ1) is 16.2. The van der Waals surface area contributed by atoms with Gasteiger partial charge >= 0.3 is 0 Å². The van der Waals surface area contributed by atoms with Crippen LogP contribution in [0.1, 0.15) is 25.2 Å². The van der Waals surface area contributed by atoms with Gasteiger partial charge in [0, 0.05) is 11.6 Å². The van der Waals surface area contributed by atoms with E-state index < -0.39 is 5.60 Å². The van der Waals surface area contributed by atoms with Crippen LogP contribution >= 0.6 is 0 Å². The zero-order valence-corrected chi connectivity index (χ0v) is 14.2. The Kier molecular flexibility index (Phi) is 4.11. The highest BCUT2D eigenvalue weighted by atomic mass is 16.5. The maximum Gasteiger partial charge on any atom is 0.151 e. The molecule has 24 heavy (non-hydrogen) atoms. The summed E-state index contributed by atoms with van der Waals surface area (Å²) in [5.74, 6) is 1.89. The molecule has 0 unspecified atom stereocenters. The van der Waals surface area contributed by atoms with Gasteiger partial charge in [-0.25, -0.2) is 4.98 Å². The third-order valence-corrected chi connectivity index (χ3v) is 3.74. The molecule has 1 N–H and O–H groups in total. The van der Waals surface area contributed by atoms with Crippen LogP contribution in [0.5, 0.6) is 17.2 Å². The Labute approximate surface area is 140 Å². The van der Waals surface area contributed by atoms with Gasteiger partial charge < -0.3 is 14.6 Å². The van der Waals surface area contributed by atoms with Crippen molar-refractivity contribution >= 4 is 10.9 Å². The Hall–Kier alpha value is -2.66. The van der Waals surface area contributed by atoms with Crippen LogP contribution in [-0.4, -0.2) is 22.2 Å². The molecule has 0 amide bonds. The van der Waals surface area contributed by atoms with E-state index in [4.69, 9.17) is 9.47 Å². The molecule has 124 valence electrons. The van der Waals surface area contributed by atoms with Gasteiger partial charge in [0.1, 0.15) is 22.8 Å². The van der Waals surface area contributed by atoms with E-state index in [1.165, 1.54) is 0 Å². The number of aryl methyl sites for hydroxylation is 1. The van der Waals surface area contributed by atoms with E-state index >= 15 is 0 Å². The number of benzene rings is 1. The highest BCUT2D eigenvalue weighted by Gasteiger charge is 2.23. The van der Waals surface area contributed by atoms with Gasteiger partial charge in [0.2, 0.25) is 0 Å². The number of pyridine rings is 2. The molecule has 0 aliphatic heterocycles. The standard InChI is InChI=1S/C19H20N2O3/c1-12-17(11-13-10-14(23-4)7-8-15(13)21-12)24-16-6-5-9-20-18(16)19(2,3)22/h5-11,22H,1-4H3. The average molecular weight is 324 g/mol. The second-order valence-electron chi connectivity index (χ2n) is 6.14. The van der Waals surface area contributed by atoms with Crippen molar-refractivity contribution in [3.8, 4) is 17.2 Å². The third kappa shape index (κ3) is 3.16. The molecule has 0 radical (unpaired) electrons. The molecular formula is C19H20N2O3. The minimum atomic E-state index is -1.10. The van der Waals surface area contributed by atoms with E-state index in [1.807, 2.05) is 31.2 Å². The molecule has 0 atom stereocenters. The smallest absolute Gasteiger partial charge is 0.151 e. The Morgan fingerprint density at radius 2 is 1.88 bits per heavy atom. The molecular weight excluding hydrogens is 304 g/mol. The normalized spacial score (nSPS) is 11.5. The number of fused-ring (bicyclic) bond motifs is 1. The summed E-state index contributed by atoms with van der Waals surface area (Å²) in [4.78, 5) is 8.83. The lowest BCUT2D eigenvalue weighted by Gasteiger charge is -2.20. The van der Waals surface area contributed by atoms with Crippen molar-refractivity contribution in [1.82, 2.24) is 9.97 Å². The lowest BCUT2D eigenvalue weighted by atomic mass is 10.0. The molecule has 2 aromatic heterocycles. The summed E-state index contributed by atoms with van der Waals surface area (Å²) in [6.07, 6.45) is 1.64. The predicted molar refractivity (Wildman–Crippen MR) is 92.6 cm³/mol. The first-order valence-electron chi connectivity index (χ1n) is 7.69. The first-order valence-corrected chi connectivity index (χ1v) is 7.69. The van der Waals surface area contributed by atoms with Crippen LogP contribution in [0.4, 0.5) is 0 Å². The van der Waals surface area contributed by atoms with E-state index in [0.717, 1.165) is 22.3 Å². The highest BCUT2D eigenvalue weighted by molar-refractivity contribution is 5.82. The van der Waals surface area contributed by atoms with Gasteiger partial charge in [0.15, 0.2) is 5.75 Å². The van der Waals surface area contributed by atoms with Gasteiger partial charge in [-0.3, -0.25) is 4.98 Å². The molecule has 5 heteroatoms. The van der Waals surface area contributed by atoms with Crippen LogP contribution in [0.2, 0.25) is 0 Å². The minimum Gasteiger partial charge on any atom is -0.497 e. The third-order valence-electron chi connectivity index (χ3n) is 3.74. The van der Waals surface area contributed by atoms with E-state index in [9.17, 15) is 5.11 Å². The summed E-state index contributed by atoms with van der Waals surface area (Å²) >= 11 is 0. The number of aliphatic hydroxyl groups is 1. The van der Waals surface area contributed by atoms with Crippen molar-refractivity contribution in [1.29, 1.82) is 0 Å². The molecule has 1 aromatic carbocycles. The van der Waals surface area contributed by atoms with Crippen molar-refractivity contribution in [2.45, 2.75) is 26.4 Å². The minimum absolute atomic E-state index is 0.482. The molecule has 0 fully saturated rings. The fraction of sp³-hybridized carbons (Fsp3) is 0.263. The monoisotopic (exact) mass is 324 g/mol. The highest BCUT2D eigenvalue weighted by Crippen LogP contribution is 2.33. The molecule has 3 aromatic rings. The molecule has 0 aliphatic carbocycles. The van der Waals surface area contributed by atoms with Crippen molar-refractivity contribution in [2.24, 2.45) is 0 Å². The maximum atomic E-state index is 10.3. The van der Waals surface area contributed by atoms with Crippen LogP contribution in [-0.2, 0) is 5.60 Å². The number of hydrogen-bond acceptors (Lipinski definition) is 5. The zero-order valence-electron chi connectivity index (χ0n) is 14.2. The molecule has 0 bridgehead atoms. The number of hydrogen-bond donors (Lipinski definition) is 1. The van der Waals surface area contributed by atoms with Crippen molar-refractivity contribution in [2.75, 3.05) is 7.11 Å². The van der Waals surface area contributed by atoms with Crippen molar-refractivity contribution < 1.29 is 14.6 Å². The molecule has 2 heterocycles. The van der Waals surface area contributed by atoms with E-state index in [2.05, 4.69) is 9.97 Å². The molecule has 5 nitrogen and oxygen atoms in total. The second-order valence-corrected chi connectivity index (χ2v) is 6.14. The number of nitrogens with zero attached hydrogens (tertiary/aromatic N) is 2. The van der Waals surface area contributed by atoms with Gasteiger partial charge in [-0.15, -0.1) is 0 Å². The van der Waals surface area contributed by atoms with Gasteiger partial charge in [-0.05, 0) is 57.2 Å². The van der Waals surface area contributed by atoms with Gasteiger partial charge in [-0.2, -0.15) is 0 Å². The number of ether oxygens (including phenoxy) is 2. The predicted octanol–water partition coefficient (Wildman–Crippen LogP) is 3.97.